The second-order valence-corrected chi connectivity index (χ2v) is 13.9. The molecule has 1 aromatic carbocycles. The van der Waals surface area contributed by atoms with Gasteiger partial charge in [0.25, 0.3) is 5.91 Å². The average molecular weight is 688 g/mol. The molecule has 0 bridgehead atoms. The van der Waals surface area contributed by atoms with Crippen LogP contribution in [0, 0.1) is 13.8 Å². The summed E-state index contributed by atoms with van der Waals surface area (Å²) in [5.74, 6) is -2.26. The number of nitrogens with zero attached hydrogens (tertiary/aromatic N) is 5. The zero-order valence-electron chi connectivity index (χ0n) is 25.8. The number of aromatic nitrogens is 2. The van der Waals surface area contributed by atoms with Crippen LogP contribution in [-0.4, -0.2) is 88.9 Å². The largest absolute Gasteiger partial charge is 0.497 e. The number of carbonyl (C=O) groups is 2. The Kier molecular flexibility index (Phi) is 11.1. The Balaban J connectivity index is 0.000000617. The van der Waals surface area contributed by atoms with Crippen LogP contribution in [0.1, 0.15) is 63.9 Å². The van der Waals surface area contributed by atoms with Gasteiger partial charge in [-0.3, -0.25) is 9.69 Å². The Hall–Kier alpha value is -3.54. The molecule has 0 atom stereocenters. The number of methoxy groups -OCH3 is 1. The molecule has 1 N–H and O–H groups in total. The number of carboxylic acids is 1. The number of oxazole rings is 1. The van der Waals surface area contributed by atoms with Crippen molar-refractivity contribution >= 4 is 33.2 Å². The summed E-state index contributed by atoms with van der Waals surface area (Å²) in [6.07, 6.45) is 0.237. The molecule has 2 fully saturated rings. The second kappa shape index (κ2) is 14.5. The quantitative estimate of drug-likeness (QED) is 0.303. The summed E-state index contributed by atoms with van der Waals surface area (Å²) in [6.45, 7) is 6.92. The Morgan fingerprint density at radius 2 is 1.74 bits per heavy atom. The van der Waals surface area contributed by atoms with Gasteiger partial charge in [-0.1, -0.05) is 0 Å². The van der Waals surface area contributed by atoms with Gasteiger partial charge in [-0.25, -0.2) is 23.2 Å². The normalized spacial score (nSPS) is 15.5. The maximum Gasteiger partial charge on any atom is 0.490 e. The number of aryl methyl sites for hydroxylation is 2. The number of ether oxygens (including phenoxy) is 1. The number of aliphatic carboxylic acids is 1. The molecule has 1 amide bonds. The van der Waals surface area contributed by atoms with Crippen molar-refractivity contribution in [3.05, 3.63) is 57.2 Å². The van der Waals surface area contributed by atoms with Gasteiger partial charge in [-0.05, 0) is 75.9 Å². The topological polar surface area (TPSA) is 146 Å². The van der Waals surface area contributed by atoms with Crippen molar-refractivity contribution in [2.45, 2.75) is 76.3 Å². The van der Waals surface area contributed by atoms with Gasteiger partial charge in [-0.2, -0.15) is 17.5 Å². The van der Waals surface area contributed by atoms with E-state index in [0.29, 0.717) is 23.4 Å². The molecule has 46 heavy (non-hydrogen) atoms. The molecular formula is C29H36F3N5O7S2. The van der Waals surface area contributed by atoms with Crippen molar-refractivity contribution in [3.8, 4) is 5.75 Å². The minimum Gasteiger partial charge on any atom is -0.497 e. The molecule has 5 rings (SSSR count). The molecule has 1 aliphatic carbocycles. The van der Waals surface area contributed by atoms with Crippen LogP contribution in [0.4, 0.5) is 13.2 Å². The molecule has 17 heteroatoms. The first-order chi connectivity index (χ1) is 21.6. The molecule has 252 valence electrons. The van der Waals surface area contributed by atoms with Gasteiger partial charge in [0.05, 0.1) is 30.8 Å². The fourth-order valence-corrected chi connectivity index (χ4v) is 7.96. The van der Waals surface area contributed by atoms with Crippen LogP contribution in [0.3, 0.4) is 0 Å². The highest BCUT2D eigenvalue weighted by Gasteiger charge is 2.41. The van der Waals surface area contributed by atoms with Gasteiger partial charge in [0.2, 0.25) is 15.9 Å². The molecule has 12 nitrogen and oxygen atoms in total. The van der Waals surface area contributed by atoms with Crippen LogP contribution in [0.15, 0.2) is 33.1 Å². The van der Waals surface area contributed by atoms with E-state index >= 15 is 0 Å². The van der Waals surface area contributed by atoms with E-state index in [1.807, 2.05) is 0 Å². The molecule has 2 aliphatic rings. The molecule has 1 saturated carbocycles. The lowest BCUT2D eigenvalue weighted by atomic mass is 10.1. The highest BCUT2D eigenvalue weighted by Crippen LogP contribution is 2.36. The summed E-state index contributed by atoms with van der Waals surface area (Å²) in [5, 5.41) is 10.0. The van der Waals surface area contributed by atoms with E-state index in [0.717, 1.165) is 43.2 Å². The first kappa shape index (κ1) is 35.3. The predicted molar refractivity (Wildman–Crippen MR) is 161 cm³/mol. The number of likely N-dealkylation sites (tertiary alicyclic amines) is 1. The Bertz CT molecular complexity index is 1630. The molecule has 3 heterocycles. The fourth-order valence-electron chi connectivity index (χ4n) is 5.07. The second-order valence-electron chi connectivity index (χ2n) is 11.2. The Morgan fingerprint density at radius 3 is 2.28 bits per heavy atom. The molecule has 0 unspecified atom stereocenters. The lowest BCUT2D eigenvalue weighted by Crippen LogP contribution is -2.34. The van der Waals surface area contributed by atoms with Crippen molar-refractivity contribution < 1.29 is 45.4 Å². The minimum absolute atomic E-state index is 0.0404. The van der Waals surface area contributed by atoms with Gasteiger partial charge < -0.3 is 19.2 Å². The first-order valence-corrected chi connectivity index (χ1v) is 16.7. The molecule has 1 saturated heterocycles. The van der Waals surface area contributed by atoms with Gasteiger partial charge in [0.1, 0.15) is 17.0 Å². The smallest absolute Gasteiger partial charge is 0.490 e. The van der Waals surface area contributed by atoms with Gasteiger partial charge in [0, 0.05) is 25.0 Å². The van der Waals surface area contributed by atoms with Crippen LogP contribution in [-0.2, 0) is 34.5 Å². The van der Waals surface area contributed by atoms with Crippen LogP contribution >= 0.6 is 11.3 Å². The fraction of sp³-hybridized carbons (Fsp3) is 0.517. The zero-order chi connectivity index (χ0) is 33.8. The van der Waals surface area contributed by atoms with Crippen LogP contribution in [0.2, 0.25) is 0 Å². The van der Waals surface area contributed by atoms with Crippen molar-refractivity contribution in [2.75, 3.05) is 27.2 Å². The van der Waals surface area contributed by atoms with E-state index in [4.69, 9.17) is 24.0 Å². The van der Waals surface area contributed by atoms with Crippen LogP contribution < -0.4 is 4.74 Å². The number of rotatable bonds is 11. The van der Waals surface area contributed by atoms with Crippen LogP contribution in [0.25, 0.3) is 0 Å². The standard InChI is InChI=1S/C27H35N5O5S2.C2HF3O2/c1-18-11-22(36-4)12-19(2)26(18)39(34,35)32(21-7-8-21)14-24-29-23(16-37-24)27(33)30(3)15-25-28-20(17-38-25)13-31-9-5-6-10-31;3-2(4,5)1(6)7/h11-12,16-17,21H,5-10,13-15H2,1-4H3;(H,6,7). The Morgan fingerprint density at radius 1 is 1.13 bits per heavy atom. The number of carbonyl (C=O) groups excluding carboxylic acids is 1. The van der Waals surface area contributed by atoms with E-state index in [-0.39, 0.29) is 35.0 Å². The summed E-state index contributed by atoms with van der Waals surface area (Å²) >= 11 is 1.55. The Labute approximate surface area is 268 Å². The van der Waals surface area contributed by atoms with Gasteiger partial charge in [-0.15, -0.1) is 11.3 Å². The third-order valence-corrected chi connectivity index (χ3v) is 10.5. The SMILES string of the molecule is COc1cc(C)c(S(=O)(=O)N(Cc2nc(C(=O)N(C)Cc3nc(CN4CCCC4)cs3)co2)C2CC2)c(C)c1.O=C(O)C(F)(F)F. The molecule has 0 spiro atoms. The summed E-state index contributed by atoms with van der Waals surface area (Å²) < 4.78 is 71.6. The third kappa shape index (κ3) is 8.83. The van der Waals surface area contributed by atoms with E-state index in [9.17, 15) is 26.4 Å². The molecule has 2 aromatic heterocycles. The van der Waals surface area contributed by atoms with E-state index in [2.05, 4.69) is 15.3 Å². The summed E-state index contributed by atoms with van der Waals surface area (Å²) in [5.41, 5.74) is 2.41. The molecule has 3 aromatic rings. The summed E-state index contributed by atoms with van der Waals surface area (Å²) in [4.78, 5) is 35.3. The molecular weight excluding hydrogens is 651 g/mol. The van der Waals surface area contributed by atoms with E-state index in [1.165, 1.54) is 23.4 Å². The maximum absolute atomic E-state index is 13.8. The highest BCUT2D eigenvalue weighted by molar-refractivity contribution is 7.89. The van der Waals surface area contributed by atoms with Gasteiger partial charge >= 0.3 is 12.1 Å². The van der Waals surface area contributed by atoms with E-state index in [1.54, 1.807) is 56.4 Å². The van der Waals surface area contributed by atoms with Crippen molar-refractivity contribution in [1.82, 2.24) is 24.1 Å². The predicted octanol–water partition coefficient (Wildman–Crippen LogP) is 4.61. The van der Waals surface area contributed by atoms with Crippen LogP contribution in [0.5, 0.6) is 5.75 Å². The number of thiazole rings is 1. The zero-order valence-corrected chi connectivity index (χ0v) is 27.5. The summed E-state index contributed by atoms with van der Waals surface area (Å²) in [7, 11) is -0.565. The molecule has 0 radical (unpaired) electrons. The number of hydrogen-bond acceptors (Lipinski definition) is 10. The van der Waals surface area contributed by atoms with Crippen molar-refractivity contribution in [3.63, 3.8) is 0 Å². The average Bonchev–Trinajstić information content (AvgIpc) is 3.31. The lowest BCUT2D eigenvalue weighted by molar-refractivity contribution is -0.192. The number of halogens is 3. The number of alkyl halides is 3. The maximum atomic E-state index is 13.8. The van der Waals surface area contributed by atoms with Crippen molar-refractivity contribution in [2.24, 2.45) is 0 Å². The highest BCUT2D eigenvalue weighted by atomic mass is 32.2. The number of hydrogen-bond donors (Lipinski definition) is 1. The lowest BCUT2D eigenvalue weighted by Gasteiger charge is -2.23. The minimum atomic E-state index is -5.08. The number of sulfonamides is 1. The monoisotopic (exact) mass is 687 g/mol. The number of carboxylic acid groups (broad SMARTS) is 1. The first-order valence-electron chi connectivity index (χ1n) is 14.4. The number of amides is 1. The molecule has 1 aliphatic heterocycles. The van der Waals surface area contributed by atoms with Gasteiger partial charge in [0.15, 0.2) is 5.69 Å². The van der Waals surface area contributed by atoms with E-state index < -0.39 is 22.2 Å². The number of benzene rings is 1. The summed E-state index contributed by atoms with van der Waals surface area (Å²) in [6, 6.07) is 3.32. The third-order valence-electron chi connectivity index (χ3n) is 7.40. The van der Waals surface area contributed by atoms with Crippen molar-refractivity contribution in [1.29, 1.82) is 0 Å².